The maximum atomic E-state index is 12.5. The van der Waals surface area contributed by atoms with Crippen molar-refractivity contribution in [3.05, 3.63) is 29.8 Å². The van der Waals surface area contributed by atoms with E-state index < -0.39 is 10.0 Å². The quantitative estimate of drug-likeness (QED) is 0.620. The van der Waals surface area contributed by atoms with Crippen molar-refractivity contribution in [2.75, 3.05) is 46.4 Å². The SMILES string of the molecule is CCN(CC)S(=O)(=O)c1ccc(C(=O)NCC2(COC)CCNCC2)cc1.Cl. The molecule has 1 amide bonds. The molecule has 1 aliphatic rings. The molecule has 160 valence electrons. The number of carbonyl (C=O) groups is 1. The van der Waals surface area contributed by atoms with Crippen LogP contribution in [0.15, 0.2) is 29.2 Å². The van der Waals surface area contributed by atoms with Crippen LogP contribution in [0.1, 0.15) is 37.0 Å². The third-order valence-corrected chi connectivity index (χ3v) is 7.26. The molecule has 0 aliphatic carbocycles. The first kappa shape index (κ1) is 24.8. The van der Waals surface area contributed by atoms with Gasteiger partial charge in [-0.2, -0.15) is 4.31 Å². The van der Waals surface area contributed by atoms with Crippen LogP contribution < -0.4 is 10.6 Å². The third kappa shape index (κ3) is 5.90. The van der Waals surface area contributed by atoms with Gasteiger partial charge in [0, 0.05) is 37.7 Å². The molecule has 1 fully saturated rings. The number of sulfonamides is 1. The van der Waals surface area contributed by atoms with Gasteiger partial charge in [-0.05, 0) is 50.2 Å². The summed E-state index contributed by atoms with van der Waals surface area (Å²) in [6, 6.07) is 6.13. The lowest BCUT2D eigenvalue weighted by molar-refractivity contribution is 0.0511. The molecule has 0 bridgehead atoms. The molecule has 0 saturated carbocycles. The van der Waals surface area contributed by atoms with E-state index in [2.05, 4.69) is 10.6 Å². The van der Waals surface area contributed by atoms with E-state index in [0.717, 1.165) is 25.9 Å². The second-order valence-corrected chi connectivity index (χ2v) is 8.92. The molecule has 0 spiro atoms. The Morgan fingerprint density at radius 3 is 2.25 bits per heavy atom. The van der Waals surface area contributed by atoms with Crippen LogP contribution in [0.3, 0.4) is 0 Å². The molecule has 2 N–H and O–H groups in total. The van der Waals surface area contributed by atoms with Gasteiger partial charge in [0.25, 0.3) is 5.91 Å². The summed E-state index contributed by atoms with van der Waals surface area (Å²) in [5, 5.41) is 6.32. The van der Waals surface area contributed by atoms with Crippen molar-refractivity contribution in [2.45, 2.75) is 31.6 Å². The number of benzene rings is 1. The van der Waals surface area contributed by atoms with Gasteiger partial charge in [-0.1, -0.05) is 13.8 Å². The van der Waals surface area contributed by atoms with Crippen molar-refractivity contribution in [3.8, 4) is 0 Å². The number of methoxy groups -OCH3 is 1. The molecule has 0 unspecified atom stereocenters. The Bertz CT molecular complexity index is 710. The molecule has 1 aromatic carbocycles. The summed E-state index contributed by atoms with van der Waals surface area (Å²) in [4.78, 5) is 12.7. The van der Waals surface area contributed by atoms with Gasteiger partial charge < -0.3 is 15.4 Å². The zero-order valence-corrected chi connectivity index (χ0v) is 18.5. The number of hydrogen-bond donors (Lipinski definition) is 2. The largest absolute Gasteiger partial charge is 0.384 e. The Morgan fingerprint density at radius 2 is 1.75 bits per heavy atom. The predicted molar refractivity (Wildman–Crippen MR) is 113 cm³/mol. The van der Waals surface area contributed by atoms with Crippen molar-refractivity contribution in [2.24, 2.45) is 5.41 Å². The van der Waals surface area contributed by atoms with Gasteiger partial charge in [0.2, 0.25) is 10.0 Å². The Morgan fingerprint density at radius 1 is 1.18 bits per heavy atom. The Kier molecular flexibility index (Phi) is 9.86. The van der Waals surface area contributed by atoms with E-state index in [1.807, 2.05) is 0 Å². The van der Waals surface area contributed by atoms with E-state index in [9.17, 15) is 13.2 Å². The lowest BCUT2D eigenvalue weighted by Crippen LogP contribution is -2.47. The van der Waals surface area contributed by atoms with Gasteiger partial charge in [-0.15, -0.1) is 12.4 Å². The van der Waals surface area contributed by atoms with Gasteiger partial charge in [0.15, 0.2) is 0 Å². The first-order valence-corrected chi connectivity index (χ1v) is 10.9. The van der Waals surface area contributed by atoms with Crippen LogP contribution in [0.25, 0.3) is 0 Å². The number of halogens is 1. The number of nitrogens with zero attached hydrogens (tertiary/aromatic N) is 1. The fraction of sp³-hybridized carbons (Fsp3) is 0.632. The molecular formula is C19H32ClN3O4S. The van der Waals surface area contributed by atoms with Gasteiger partial charge in [0.1, 0.15) is 0 Å². The lowest BCUT2D eigenvalue weighted by atomic mass is 9.79. The highest BCUT2D eigenvalue weighted by molar-refractivity contribution is 7.89. The van der Waals surface area contributed by atoms with Crippen LogP contribution in [0.4, 0.5) is 0 Å². The number of amides is 1. The molecule has 28 heavy (non-hydrogen) atoms. The van der Waals surface area contributed by atoms with Gasteiger partial charge in [0.05, 0.1) is 11.5 Å². The van der Waals surface area contributed by atoms with E-state index in [1.54, 1.807) is 33.1 Å². The minimum absolute atomic E-state index is 0. The number of hydrogen-bond acceptors (Lipinski definition) is 5. The van der Waals surface area contributed by atoms with Crippen LogP contribution >= 0.6 is 12.4 Å². The summed E-state index contributed by atoms with van der Waals surface area (Å²) in [6.07, 6.45) is 1.89. The zero-order chi connectivity index (χ0) is 19.9. The van der Waals surface area contributed by atoms with Crippen molar-refractivity contribution in [1.29, 1.82) is 0 Å². The van der Waals surface area contributed by atoms with E-state index in [4.69, 9.17) is 4.74 Å². The van der Waals surface area contributed by atoms with Crippen molar-refractivity contribution in [3.63, 3.8) is 0 Å². The number of piperidine rings is 1. The van der Waals surface area contributed by atoms with Gasteiger partial charge in [-0.25, -0.2) is 8.42 Å². The minimum Gasteiger partial charge on any atom is -0.384 e. The molecule has 0 atom stereocenters. The molecule has 1 aromatic rings. The summed E-state index contributed by atoms with van der Waals surface area (Å²) in [5.41, 5.74) is 0.400. The Labute approximate surface area is 174 Å². The highest BCUT2D eigenvalue weighted by Gasteiger charge is 2.32. The van der Waals surface area contributed by atoms with E-state index in [1.165, 1.54) is 16.4 Å². The topological polar surface area (TPSA) is 87.7 Å². The predicted octanol–water partition coefficient (Wildman–Crippen LogP) is 1.88. The second kappa shape index (κ2) is 11.1. The molecule has 9 heteroatoms. The Hall–Kier alpha value is -1.19. The summed E-state index contributed by atoms with van der Waals surface area (Å²) in [5.74, 6) is -0.198. The van der Waals surface area contributed by atoms with Gasteiger partial charge >= 0.3 is 0 Å². The maximum Gasteiger partial charge on any atom is 0.251 e. The van der Waals surface area contributed by atoms with Crippen molar-refractivity contribution >= 4 is 28.3 Å². The second-order valence-electron chi connectivity index (χ2n) is 6.98. The molecule has 2 rings (SSSR count). The smallest absolute Gasteiger partial charge is 0.251 e. The van der Waals surface area contributed by atoms with E-state index >= 15 is 0 Å². The van der Waals surface area contributed by atoms with Crippen LogP contribution in [0.2, 0.25) is 0 Å². The number of ether oxygens (including phenoxy) is 1. The maximum absolute atomic E-state index is 12.5. The number of carbonyl (C=O) groups excluding carboxylic acids is 1. The fourth-order valence-electron chi connectivity index (χ4n) is 3.50. The molecule has 1 aliphatic heterocycles. The average molecular weight is 434 g/mol. The zero-order valence-electron chi connectivity index (χ0n) is 16.9. The standard InChI is InChI=1S/C19H31N3O4S.ClH/c1-4-22(5-2)27(24,25)17-8-6-16(7-9-17)18(23)21-14-19(15-26-3)10-12-20-13-11-19;/h6-9,20H,4-5,10-15H2,1-3H3,(H,21,23);1H. The van der Waals surface area contributed by atoms with E-state index in [-0.39, 0.29) is 28.6 Å². The molecule has 0 aromatic heterocycles. The summed E-state index contributed by atoms with van der Waals surface area (Å²) in [6.45, 7) is 7.42. The highest BCUT2D eigenvalue weighted by Crippen LogP contribution is 2.28. The van der Waals surface area contributed by atoms with E-state index in [0.29, 0.717) is 31.8 Å². The number of rotatable bonds is 9. The molecular weight excluding hydrogens is 402 g/mol. The lowest BCUT2D eigenvalue weighted by Gasteiger charge is -2.37. The Balaban J connectivity index is 0.00000392. The van der Waals surface area contributed by atoms with Crippen LogP contribution in [-0.4, -0.2) is 65.1 Å². The monoisotopic (exact) mass is 433 g/mol. The molecule has 0 radical (unpaired) electrons. The first-order valence-electron chi connectivity index (χ1n) is 9.46. The molecule has 7 nitrogen and oxygen atoms in total. The fourth-order valence-corrected chi connectivity index (χ4v) is 4.95. The van der Waals surface area contributed by atoms with Crippen molar-refractivity contribution in [1.82, 2.24) is 14.9 Å². The minimum atomic E-state index is -3.51. The van der Waals surface area contributed by atoms with Crippen LogP contribution in [0, 0.1) is 5.41 Å². The summed E-state index contributed by atoms with van der Waals surface area (Å²) >= 11 is 0. The molecule has 1 saturated heterocycles. The number of nitrogens with one attached hydrogen (secondary N) is 2. The summed E-state index contributed by atoms with van der Waals surface area (Å²) < 4.78 is 31.8. The average Bonchev–Trinajstić information content (AvgIpc) is 2.68. The third-order valence-electron chi connectivity index (χ3n) is 5.20. The van der Waals surface area contributed by atoms with Crippen LogP contribution in [0.5, 0.6) is 0 Å². The first-order chi connectivity index (χ1) is 12.9. The molecule has 1 heterocycles. The van der Waals surface area contributed by atoms with Gasteiger partial charge in [-0.3, -0.25) is 4.79 Å². The normalized spacial score (nSPS) is 16.4. The summed E-state index contributed by atoms with van der Waals surface area (Å²) in [7, 11) is -1.83. The van der Waals surface area contributed by atoms with Crippen molar-refractivity contribution < 1.29 is 17.9 Å². The van der Waals surface area contributed by atoms with Crippen LogP contribution in [-0.2, 0) is 14.8 Å². The highest BCUT2D eigenvalue weighted by atomic mass is 35.5.